The standard InChI is InChI=1S/C67H57BN2O/c1-38-17-56-53-30-55-54-25-47-9-5-6-10-48(47)26-62(54)71-63(55)31-60(53)70(51-14-11-46(12-15-51)45-7-3-2-4-8-45)68-58-29-50(67-35-42-22-43(36-67)24-44(23-42)37-67)28-57-52-27-49(66-32-39-19-40(33-66)21-41(20-39)34-66)13-16-59(52)69(65(57)58)61(18-38)64(56)68/h2-18,25-31,39-44H,19-24,32-37H2,1H3. The highest BCUT2D eigenvalue weighted by molar-refractivity contribution is 6.93. The van der Waals surface area contributed by atoms with Crippen molar-refractivity contribution in [2.24, 2.45) is 35.5 Å². The first-order valence-corrected chi connectivity index (χ1v) is 27.5. The Bertz CT molecular complexity index is 3910. The topological polar surface area (TPSA) is 21.3 Å². The molecule has 8 fully saturated rings. The molecule has 8 bridgehead atoms. The molecule has 344 valence electrons. The summed E-state index contributed by atoms with van der Waals surface area (Å²) in [7, 11) is 0. The number of anilines is 2. The van der Waals surface area contributed by atoms with Gasteiger partial charge in [-0.2, -0.15) is 0 Å². The maximum Gasteiger partial charge on any atom is 0.333 e. The van der Waals surface area contributed by atoms with Gasteiger partial charge in [0.2, 0.25) is 0 Å². The number of benzene rings is 8. The fourth-order valence-corrected chi connectivity index (χ4v) is 18.9. The Kier molecular flexibility index (Phi) is 7.44. The molecule has 8 aromatic carbocycles. The molecule has 71 heavy (non-hydrogen) atoms. The average molecular weight is 917 g/mol. The number of rotatable bonds is 4. The molecule has 0 unspecified atom stereocenters. The molecule has 10 aromatic rings. The van der Waals surface area contributed by atoms with Gasteiger partial charge in [-0.05, 0) is 240 Å². The van der Waals surface area contributed by atoms with Crippen molar-refractivity contribution in [3.63, 3.8) is 0 Å². The second-order valence-electron chi connectivity index (χ2n) is 25.0. The lowest BCUT2D eigenvalue weighted by Crippen LogP contribution is -2.61. The maximum atomic E-state index is 6.98. The summed E-state index contributed by atoms with van der Waals surface area (Å²) < 4.78 is 9.74. The van der Waals surface area contributed by atoms with Crippen molar-refractivity contribution < 1.29 is 4.42 Å². The summed E-state index contributed by atoms with van der Waals surface area (Å²) in [5, 5.41) is 7.81. The fourth-order valence-electron chi connectivity index (χ4n) is 18.9. The molecule has 0 N–H and O–H groups in total. The van der Waals surface area contributed by atoms with Gasteiger partial charge in [0.05, 0.1) is 11.0 Å². The van der Waals surface area contributed by atoms with Crippen LogP contribution in [0.3, 0.4) is 0 Å². The molecule has 0 saturated heterocycles. The van der Waals surface area contributed by atoms with Crippen molar-refractivity contribution >= 4 is 83.7 Å². The van der Waals surface area contributed by atoms with Crippen LogP contribution in [-0.2, 0) is 10.8 Å². The van der Waals surface area contributed by atoms with E-state index in [1.165, 1.54) is 176 Å². The van der Waals surface area contributed by atoms with Crippen LogP contribution in [-0.4, -0.2) is 11.4 Å². The molecule has 2 aromatic heterocycles. The zero-order valence-corrected chi connectivity index (χ0v) is 40.7. The number of aromatic nitrogens is 1. The molecule has 0 spiro atoms. The third-order valence-electron chi connectivity index (χ3n) is 20.8. The smallest absolute Gasteiger partial charge is 0.333 e. The van der Waals surface area contributed by atoms with E-state index in [4.69, 9.17) is 4.42 Å². The van der Waals surface area contributed by atoms with E-state index in [0.29, 0.717) is 5.41 Å². The Morgan fingerprint density at radius 1 is 0.479 bits per heavy atom. The Hall–Kier alpha value is -6.52. The minimum Gasteiger partial charge on any atom is -0.456 e. The fraction of sp³-hybridized carbons (Fsp3) is 0.313. The van der Waals surface area contributed by atoms with E-state index in [-0.39, 0.29) is 12.3 Å². The highest BCUT2D eigenvalue weighted by atomic mass is 16.3. The predicted octanol–water partition coefficient (Wildman–Crippen LogP) is 16.0. The predicted molar refractivity (Wildman–Crippen MR) is 294 cm³/mol. The summed E-state index contributed by atoms with van der Waals surface area (Å²) in [5.41, 5.74) is 21.7. The van der Waals surface area contributed by atoms with Crippen LogP contribution in [0.15, 0.2) is 150 Å². The molecule has 10 aliphatic rings. The zero-order chi connectivity index (χ0) is 46.1. The van der Waals surface area contributed by atoms with E-state index in [1.807, 2.05) is 0 Å². The number of aryl methyl sites for hydroxylation is 1. The molecular formula is C67H57BN2O. The monoisotopic (exact) mass is 916 g/mol. The molecule has 0 amide bonds. The summed E-state index contributed by atoms with van der Waals surface area (Å²) in [6, 6.07) is 57.2. The van der Waals surface area contributed by atoms with E-state index in [0.717, 1.165) is 46.7 Å². The van der Waals surface area contributed by atoms with Crippen molar-refractivity contribution in [1.82, 2.24) is 4.57 Å². The first kappa shape index (κ1) is 39.1. The largest absolute Gasteiger partial charge is 0.456 e. The Balaban J connectivity index is 0.937. The van der Waals surface area contributed by atoms with Crippen LogP contribution >= 0.6 is 0 Å². The van der Waals surface area contributed by atoms with Gasteiger partial charge >= 0.3 is 6.85 Å². The number of hydrogen-bond acceptors (Lipinski definition) is 2. The van der Waals surface area contributed by atoms with Crippen LogP contribution in [0.2, 0.25) is 0 Å². The molecule has 8 aliphatic carbocycles. The van der Waals surface area contributed by atoms with Crippen molar-refractivity contribution in [2.75, 3.05) is 4.81 Å². The molecule has 0 atom stereocenters. The van der Waals surface area contributed by atoms with Crippen LogP contribution in [0, 0.1) is 42.4 Å². The van der Waals surface area contributed by atoms with Crippen LogP contribution in [0.25, 0.3) is 82.5 Å². The Morgan fingerprint density at radius 2 is 1.07 bits per heavy atom. The van der Waals surface area contributed by atoms with Crippen LogP contribution in [0.1, 0.15) is 93.7 Å². The minimum atomic E-state index is -0.0316. The van der Waals surface area contributed by atoms with E-state index in [9.17, 15) is 0 Å². The van der Waals surface area contributed by atoms with E-state index in [1.54, 1.807) is 11.1 Å². The number of nitrogens with zero attached hydrogens (tertiary/aromatic N) is 2. The Morgan fingerprint density at radius 3 is 1.76 bits per heavy atom. The summed E-state index contributed by atoms with van der Waals surface area (Å²) in [5.74, 6) is 5.37. The molecule has 4 heteroatoms. The average Bonchev–Trinajstić information content (AvgIpc) is 3.90. The van der Waals surface area contributed by atoms with Crippen molar-refractivity contribution in [2.45, 2.75) is 94.8 Å². The van der Waals surface area contributed by atoms with Gasteiger partial charge in [-0.3, -0.25) is 0 Å². The maximum absolute atomic E-state index is 6.98. The van der Waals surface area contributed by atoms with E-state index in [2.05, 4.69) is 162 Å². The highest BCUT2D eigenvalue weighted by Crippen LogP contribution is 2.63. The molecule has 0 radical (unpaired) electrons. The second kappa shape index (κ2) is 13.5. The molecular weight excluding hydrogens is 860 g/mol. The summed E-state index contributed by atoms with van der Waals surface area (Å²) in [6.45, 7) is 2.30. The lowest BCUT2D eigenvalue weighted by Gasteiger charge is -2.57. The minimum absolute atomic E-state index is 0.0316. The van der Waals surface area contributed by atoms with E-state index < -0.39 is 0 Å². The van der Waals surface area contributed by atoms with Gasteiger partial charge in [0.25, 0.3) is 0 Å². The second-order valence-corrected chi connectivity index (χ2v) is 25.0. The van der Waals surface area contributed by atoms with Gasteiger partial charge in [0.1, 0.15) is 11.2 Å². The number of hydrogen-bond donors (Lipinski definition) is 0. The summed E-state index contributed by atoms with van der Waals surface area (Å²) in [6.07, 6.45) is 17.1. The lowest BCUT2D eigenvalue weighted by molar-refractivity contribution is -0.00526. The van der Waals surface area contributed by atoms with E-state index >= 15 is 0 Å². The van der Waals surface area contributed by atoms with Gasteiger partial charge < -0.3 is 13.8 Å². The zero-order valence-electron chi connectivity index (χ0n) is 40.7. The van der Waals surface area contributed by atoms with Gasteiger partial charge in [0.15, 0.2) is 0 Å². The Labute approximate surface area is 416 Å². The summed E-state index contributed by atoms with van der Waals surface area (Å²) >= 11 is 0. The van der Waals surface area contributed by atoms with Gasteiger partial charge in [0, 0.05) is 50.2 Å². The quantitative estimate of drug-likeness (QED) is 0.164. The third kappa shape index (κ3) is 5.27. The van der Waals surface area contributed by atoms with Crippen molar-refractivity contribution in [3.05, 3.63) is 162 Å². The summed E-state index contributed by atoms with van der Waals surface area (Å²) in [4.78, 5) is 2.74. The molecule has 8 saturated carbocycles. The third-order valence-corrected chi connectivity index (χ3v) is 20.8. The highest BCUT2D eigenvalue weighted by Gasteiger charge is 2.54. The van der Waals surface area contributed by atoms with Crippen molar-refractivity contribution in [3.8, 4) is 27.9 Å². The molecule has 20 rings (SSSR count). The van der Waals surface area contributed by atoms with Crippen LogP contribution in [0.4, 0.5) is 11.4 Å². The van der Waals surface area contributed by atoms with Crippen LogP contribution < -0.4 is 15.7 Å². The molecule has 4 heterocycles. The lowest BCUT2D eigenvalue weighted by atomic mass is 9.42. The van der Waals surface area contributed by atoms with Crippen molar-refractivity contribution in [1.29, 1.82) is 0 Å². The van der Waals surface area contributed by atoms with Gasteiger partial charge in [-0.25, -0.2) is 0 Å². The number of furan rings is 1. The molecule has 2 aliphatic heterocycles. The number of fused-ring (bicyclic) bond motifs is 11. The SMILES string of the molecule is Cc1cc2c3c(c1)-n1c4ccc(C56CC7CC(CC(C7)C5)C6)cc4c4cc(C56CC7CC(CC(C7)C5)C6)cc(c41)B3N(c1ccc(-c3ccccc3)cc1)c1cc3oc4cc5ccccc5cc4c3cc1-2. The molecule has 3 nitrogen and oxygen atoms in total. The first-order chi connectivity index (χ1) is 34.9. The normalized spacial score (nSPS) is 28.3. The van der Waals surface area contributed by atoms with Gasteiger partial charge in [-0.15, -0.1) is 0 Å². The van der Waals surface area contributed by atoms with Crippen LogP contribution in [0.5, 0.6) is 0 Å². The van der Waals surface area contributed by atoms with Gasteiger partial charge in [-0.1, -0.05) is 84.9 Å². The first-order valence-electron chi connectivity index (χ1n) is 27.5.